The summed E-state index contributed by atoms with van der Waals surface area (Å²) in [7, 11) is 0. The predicted octanol–water partition coefficient (Wildman–Crippen LogP) is 4.46. The number of carbonyl (C=O) groups excluding carboxylic acids is 2. The van der Waals surface area contributed by atoms with Crippen LogP contribution in [0.5, 0.6) is 0 Å². The monoisotopic (exact) mass is 395 g/mol. The molecule has 3 aromatic rings. The molecular weight excluding hydrogens is 377 g/mol. The zero-order valence-corrected chi connectivity index (χ0v) is 16.2. The number of hydrogen-bond donors (Lipinski definition) is 1. The molecule has 0 fully saturated rings. The fraction of sp³-hybridized carbons (Fsp3) is 0.143. The van der Waals surface area contributed by atoms with Gasteiger partial charge in [-0.05, 0) is 43.7 Å². The van der Waals surface area contributed by atoms with Crippen molar-refractivity contribution in [2.75, 3.05) is 11.1 Å². The molecular formula is C21H18FN3O2S. The van der Waals surface area contributed by atoms with Gasteiger partial charge in [0.05, 0.1) is 11.3 Å². The minimum atomic E-state index is -0.606. The Bertz CT molecular complexity index is 1020. The van der Waals surface area contributed by atoms with E-state index in [1.165, 1.54) is 30.0 Å². The number of nitrogens with zero attached hydrogens (tertiary/aromatic N) is 2. The molecule has 7 heteroatoms. The second-order valence-electron chi connectivity index (χ2n) is 6.22. The van der Waals surface area contributed by atoms with Gasteiger partial charge in [-0.3, -0.25) is 9.59 Å². The second kappa shape index (κ2) is 8.75. The molecule has 0 radical (unpaired) electrons. The van der Waals surface area contributed by atoms with Crippen LogP contribution in [0.4, 0.5) is 10.2 Å². The van der Waals surface area contributed by atoms with Crippen LogP contribution >= 0.6 is 11.8 Å². The van der Waals surface area contributed by atoms with Crippen LogP contribution in [0.3, 0.4) is 0 Å². The Balaban J connectivity index is 1.59. The largest absolute Gasteiger partial charge is 0.305 e. The number of aromatic nitrogens is 2. The van der Waals surface area contributed by atoms with Crippen molar-refractivity contribution >= 4 is 29.3 Å². The number of benzene rings is 2. The molecule has 0 atom stereocenters. The number of Topliss-reactive ketones (excluding diaryl/α,β-unsaturated/α-hetero) is 1. The molecule has 0 bridgehead atoms. The van der Waals surface area contributed by atoms with Crippen LogP contribution in [0.15, 0.2) is 59.6 Å². The molecule has 5 nitrogen and oxygen atoms in total. The minimum absolute atomic E-state index is 0.0150. The molecule has 28 heavy (non-hydrogen) atoms. The molecule has 0 saturated heterocycles. The third-order valence-corrected chi connectivity index (χ3v) is 4.95. The van der Waals surface area contributed by atoms with Crippen molar-refractivity contribution in [3.05, 3.63) is 82.7 Å². The van der Waals surface area contributed by atoms with Crippen molar-refractivity contribution in [1.82, 2.24) is 10.2 Å². The highest BCUT2D eigenvalue weighted by molar-refractivity contribution is 7.99. The summed E-state index contributed by atoms with van der Waals surface area (Å²) in [5.74, 6) is -0.748. The normalized spacial score (nSPS) is 10.5. The lowest BCUT2D eigenvalue weighted by Gasteiger charge is -2.07. The first-order valence-electron chi connectivity index (χ1n) is 8.57. The Morgan fingerprint density at radius 1 is 1.00 bits per heavy atom. The first kappa shape index (κ1) is 19.7. The topological polar surface area (TPSA) is 72.0 Å². The first-order valence-corrected chi connectivity index (χ1v) is 9.55. The Morgan fingerprint density at radius 2 is 1.79 bits per heavy atom. The molecule has 0 unspecified atom stereocenters. The van der Waals surface area contributed by atoms with Gasteiger partial charge in [0.1, 0.15) is 10.8 Å². The van der Waals surface area contributed by atoms with Crippen LogP contribution in [0, 0.1) is 19.7 Å². The van der Waals surface area contributed by atoms with E-state index >= 15 is 0 Å². The highest BCUT2D eigenvalue weighted by Crippen LogP contribution is 2.19. The third kappa shape index (κ3) is 4.80. The van der Waals surface area contributed by atoms with Crippen molar-refractivity contribution in [2.24, 2.45) is 0 Å². The molecule has 142 valence electrons. The van der Waals surface area contributed by atoms with E-state index in [2.05, 4.69) is 15.5 Å². The molecule has 0 aliphatic heterocycles. The van der Waals surface area contributed by atoms with Gasteiger partial charge in [-0.25, -0.2) is 4.39 Å². The molecule has 0 aliphatic rings. The molecule has 0 spiro atoms. The number of ketones is 1. The van der Waals surface area contributed by atoms with Gasteiger partial charge >= 0.3 is 0 Å². The minimum Gasteiger partial charge on any atom is -0.305 e. The maximum absolute atomic E-state index is 13.6. The van der Waals surface area contributed by atoms with Crippen LogP contribution in [0.2, 0.25) is 0 Å². The predicted molar refractivity (Wildman–Crippen MR) is 107 cm³/mol. The summed E-state index contributed by atoms with van der Waals surface area (Å²) in [4.78, 5) is 24.5. The molecule has 1 heterocycles. The van der Waals surface area contributed by atoms with E-state index in [-0.39, 0.29) is 22.9 Å². The van der Waals surface area contributed by atoms with Gasteiger partial charge in [0.2, 0.25) is 0 Å². The molecule has 1 amide bonds. The SMILES string of the molecule is Cc1ccc(C(=O)CSc2ccc(NC(=O)c3ccccc3F)nn2)c(C)c1. The van der Waals surface area contributed by atoms with Crippen LogP contribution in [0.1, 0.15) is 31.8 Å². The number of rotatable bonds is 6. The second-order valence-corrected chi connectivity index (χ2v) is 7.22. The Morgan fingerprint density at radius 3 is 2.46 bits per heavy atom. The Kier molecular flexibility index (Phi) is 6.16. The van der Waals surface area contributed by atoms with E-state index in [0.717, 1.165) is 11.1 Å². The summed E-state index contributed by atoms with van der Waals surface area (Å²) in [5.41, 5.74) is 2.69. The highest BCUT2D eigenvalue weighted by atomic mass is 32.2. The number of anilines is 1. The van der Waals surface area contributed by atoms with E-state index in [4.69, 9.17) is 0 Å². The van der Waals surface area contributed by atoms with E-state index < -0.39 is 11.7 Å². The van der Waals surface area contributed by atoms with Crippen LogP contribution in [-0.4, -0.2) is 27.6 Å². The maximum Gasteiger partial charge on any atom is 0.259 e. The molecule has 0 saturated carbocycles. The average molecular weight is 395 g/mol. The quantitative estimate of drug-likeness (QED) is 0.493. The number of amides is 1. The van der Waals surface area contributed by atoms with Crippen LogP contribution in [0.25, 0.3) is 0 Å². The van der Waals surface area contributed by atoms with E-state index in [0.29, 0.717) is 10.6 Å². The van der Waals surface area contributed by atoms with Crippen LogP contribution < -0.4 is 5.32 Å². The lowest BCUT2D eigenvalue weighted by molar-refractivity contribution is 0.101. The lowest BCUT2D eigenvalue weighted by atomic mass is 10.0. The number of halogens is 1. The van der Waals surface area contributed by atoms with Crippen molar-refractivity contribution in [3.8, 4) is 0 Å². The van der Waals surface area contributed by atoms with E-state index in [1.807, 2.05) is 32.0 Å². The van der Waals surface area contributed by atoms with Gasteiger partial charge in [0.25, 0.3) is 5.91 Å². The van der Waals surface area contributed by atoms with Crippen LogP contribution in [-0.2, 0) is 0 Å². The summed E-state index contributed by atoms with van der Waals surface area (Å²) in [5, 5.41) is 11.0. The number of nitrogens with one attached hydrogen (secondary N) is 1. The van der Waals surface area contributed by atoms with E-state index in [9.17, 15) is 14.0 Å². The molecule has 2 aromatic carbocycles. The summed E-state index contributed by atoms with van der Waals surface area (Å²) in [6.07, 6.45) is 0. The zero-order chi connectivity index (χ0) is 20.1. The Hall–Kier alpha value is -3.06. The molecule has 3 rings (SSSR count). The van der Waals surface area contributed by atoms with Gasteiger partial charge < -0.3 is 5.32 Å². The van der Waals surface area contributed by atoms with Crippen molar-refractivity contribution in [3.63, 3.8) is 0 Å². The van der Waals surface area contributed by atoms with E-state index in [1.54, 1.807) is 18.2 Å². The number of carbonyl (C=O) groups is 2. The Labute approximate surface area is 166 Å². The lowest BCUT2D eigenvalue weighted by Crippen LogP contribution is -2.15. The van der Waals surface area contributed by atoms with Gasteiger partial charge in [0, 0.05) is 5.56 Å². The standard InChI is InChI=1S/C21H18FN3O2S/c1-13-7-8-15(14(2)11-13)18(26)12-28-20-10-9-19(24-25-20)23-21(27)16-5-3-4-6-17(16)22/h3-11H,12H2,1-2H3,(H,23,24,27). The van der Waals surface area contributed by atoms with Gasteiger partial charge in [-0.1, -0.05) is 47.7 Å². The third-order valence-electron chi connectivity index (χ3n) is 4.03. The molecule has 1 aromatic heterocycles. The average Bonchev–Trinajstić information content (AvgIpc) is 2.67. The van der Waals surface area contributed by atoms with Gasteiger partial charge in [0.15, 0.2) is 11.6 Å². The smallest absolute Gasteiger partial charge is 0.259 e. The first-order chi connectivity index (χ1) is 13.4. The maximum atomic E-state index is 13.6. The zero-order valence-electron chi connectivity index (χ0n) is 15.4. The van der Waals surface area contributed by atoms with Crippen molar-refractivity contribution < 1.29 is 14.0 Å². The van der Waals surface area contributed by atoms with Crippen molar-refractivity contribution in [1.29, 1.82) is 0 Å². The van der Waals surface area contributed by atoms with Gasteiger partial charge in [-0.15, -0.1) is 10.2 Å². The summed E-state index contributed by atoms with van der Waals surface area (Å²) >= 11 is 1.27. The molecule has 0 aliphatic carbocycles. The highest BCUT2D eigenvalue weighted by Gasteiger charge is 2.13. The number of thioether (sulfide) groups is 1. The summed E-state index contributed by atoms with van der Waals surface area (Å²) < 4.78 is 13.6. The van der Waals surface area contributed by atoms with Gasteiger partial charge in [-0.2, -0.15) is 0 Å². The fourth-order valence-corrected chi connectivity index (χ4v) is 3.33. The van der Waals surface area contributed by atoms with Crippen molar-refractivity contribution in [2.45, 2.75) is 18.9 Å². The number of hydrogen-bond acceptors (Lipinski definition) is 5. The summed E-state index contributed by atoms with van der Waals surface area (Å²) in [6, 6.07) is 14.6. The fourth-order valence-electron chi connectivity index (χ4n) is 2.64. The summed E-state index contributed by atoms with van der Waals surface area (Å²) in [6.45, 7) is 3.90. The number of aryl methyl sites for hydroxylation is 2. The molecule has 1 N–H and O–H groups in total.